The first kappa shape index (κ1) is 22.2. The molecule has 2 heterocycles. The first-order chi connectivity index (χ1) is 15.1. The van der Waals surface area contributed by atoms with Gasteiger partial charge in [0.2, 0.25) is 10.0 Å². The molecule has 0 saturated carbocycles. The highest BCUT2D eigenvalue weighted by atomic mass is 32.2. The van der Waals surface area contributed by atoms with E-state index in [-0.39, 0.29) is 22.6 Å². The number of fused-ring (bicyclic) bond motifs is 5. The summed E-state index contributed by atoms with van der Waals surface area (Å²) in [5.41, 5.74) is -0.771. The summed E-state index contributed by atoms with van der Waals surface area (Å²) in [6, 6.07) is 13.4. The van der Waals surface area contributed by atoms with Crippen LogP contribution in [0.3, 0.4) is 0 Å². The van der Waals surface area contributed by atoms with Gasteiger partial charge in [-0.2, -0.15) is 0 Å². The minimum atomic E-state index is -3.94. The lowest BCUT2D eigenvalue weighted by molar-refractivity contribution is -0.140. The molecule has 9 heteroatoms. The Morgan fingerprint density at radius 1 is 0.938 bits per heavy atom. The lowest BCUT2D eigenvalue weighted by atomic mass is 9.73. The van der Waals surface area contributed by atoms with Crippen LogP contribution in [0.25, 0.3) is 0 Å². The molecule has 168 valence electrons. The molecule has 2 bridgehead atoms. The summed E-state index contributed by atoms with van der Waals surface area (Å²) in [7, 11) is -1.54. The molecular formula is C23H23NO7S. The standard InChI is InChI=1S/C23H23NO7S/c1-14-9-11-15(12-10-14)32(27,28)24-13-23-17-8-6-5-7-16(17)22(2,31-23)18(20(25)29-3)19(23)21(26)30-4/h5-12,24H,13H2,1-4H3/t22-,23+/m1/s1. The van der Waals surface area contributed by atoms with E-state index in [0.717, 1.165) is 5.56 Å². The number of esters is 2. The van der Waals surface area contributed by atoms with E-state index in [1.54, 1.807) is 43.3 Å². The zero-order valence-electron chi connectivity index (χ0n) is 18.1. The van der Waals surface area contributed by atoms with Gasteiger partial charge in [0.05, 0.1) is 30.3 Å². The first-order valence-electron chi connectivity index (χ1n) is 9.89. The minimum absolute atomic E-state index is 0.0000777. The van der Waals surface area contributed by atoms with Gasteiger partial charge in [-0.25, -0.2) is 22.7 Å². The van der Waals surface area contributed by atoms with E-state index < -0.39 is 33.2 Å². The number of benzene rings is 2. The molecule has 2 aromatic carbocycles. The third kappa shape index (κ3) is 3.08. The quantitative estimate of drug-likeness (QED) is 0.662. The van der Waals surface area contributed by atoms with Crippen molar-refractivity contribution in [3.05, 3.63) is 76.4 Å². The number of carbonyl (C=O) groups excluding carboxylic acids is 2. The lowest BCUT2D eigenvalue weighted by Gasteiger charge is -2.29. The van der Waals surface area contributed by atoms with Crippen molar-refractivity contribution in [2.75, 3.05) is 20.8 Å². The van der Waals surface area contributed by atoms with Gasteiger partial charge in [-0.15, -0.1) is 0 Å². The van der Waals surface area contributed by atoms with Crippen molar-refractivity contribution < 1.29 is 32.2 Å². The average molecular weight is 458 g/mol. The topological polar surface area (TPSA) is 108 Å². The maximum Gasteiger partial charge on any atom is 0.337 e. The van der Waals surface area contributed by atoms with Gasteiger partial charge in [-0.05, 0) is 37.1 Å². The van der Waals surface area contributed by atoms with Gasteiger partial charge in [0.1, 0.15) is 11.2 Å². The Morgan fingerprint density at radius 2 is 1.50 bits per heavy atom. The van der Waals surface area contributed by atoms with Crippen LogP contribution < -0.4 is 4.72 Å². The van der Waals surface area contributed by atoms with Crippen molar-refractivity contribution in [3.8, 4) is 0 Å². The normalized spacial score (nSPS) is 23.8. The van der Waals surface area contributed by atoms with Crippen LogP contribution in [0, 0.1) is 6.92 Å². The van der Waals surface area contributed by atoms with E-state index in [9.17, 15) is 18.0 Å². The van der Waals surface area contributed by atoms with E-state index in [2.05, 4.69) is 4.72 Å². The van der Waals surface area contributed by atoms with E-state index >= 15 is 0 Å². The second-order valence-electron chi connectivity index (χ2n) is 7.88. The molecular weight excluding hydrogens is 434 g/mol. The number of nitrogens with one attached hydrogen (secondary N) is 1. The van der Waals surface area contributed by atoms with Gasteiger partial charge < -0.3 is 14.2 Å². The summed E-state index contributed by atoms with van der Waals surface area (Å²) in [4.78, 5) is 25.7. The molecule has 0 spiro atoms. The summed E-state index contributed by atoms with van der Waals surface area (Å²) < 4.78 is 44.8. The predicted octanol–water partition coefficient (Wildman–Crippen LogP) is 2.07. The molecule has 2 aliphatic rings. The Morgan fingerprint density at radius 3 is 2.09 bits per heavy atom. The number of aryl methyl sites for hydroxylation is 1. The van der Waals surface area contributed by atoms with Crippen LogP contribution in [-0.2, 0) is 45.0 Å². The smallest absolute Gasteiger partial charge is 0.337 e. The van der Waals surface area contributed by atoms with Crippen molar-refractivity contribution >= 4 is 22.0 Å². The van der Waals surface area contributed by atoms with Crippen molar-refractivity contribution in [2.45, 2.75) is 29.9 Å². The third-order valence-corrected chi connectivity index (χ3v) is 7.42. The van der Waals surface area contributed by atoms with Gasteiger partial charge >= 0.3 is 11.9 Å². The van der Waals surface area contributed by atoms with Gasteiger partial charge in [0, 0.05) is 6.54 Å². The van der Waals surface area contributed by atoms with Crippen LogP contribution in [0.5, 0.6) is 0 Å². The fourth-order valence-corrected chi connectivity index (χ4v) is 5.56. The molecule has 1 N–H and O–H groups in total. The molecule has 0 fully saturated rings. The van der Waals surface area contributed by atoms with E-state index in [0.29, 0.717) is 11.1 Å². The highest BCUT2D eigenvalue weighted by molar-refractivity contribution is 7.89. The maximum atomic E-state index is 13.0. The Balaban J connectivity index is 1.86. The average Bonchev–Trinajstić information content (AvgIpc) is 3.21. The number of hydrogen-bond donors (Lipinski definition) is 1. The molecule has 2 atom stereocenters. The summed E-state index contributed by atoms with van der Waals surface area (Å²) in [6.45, 7) is 3.19. The summed E-state index contributed by atoms with van der Waals surface area (Å²) >= 11 is 0. The molecule has 0 radical (unpaired) electrons. The number of carbonyl (C=O) groups is 2. The monoisotopic (exact) mass is 457 g/mol. The third-order valence-electron chi connectivity index (χ3n) is 6.01. The van der Waals surface area contributed by atoms with Gasteiger partial charge in [0.25, 0.3) is 0 Å². The molecule has 2 aliphatic heterocycles. The van der Waals surface area contributed by atoms with Crippen molar-refractivity contribution in [1.82, 2.24) is 4.72 Å². The highest BCUT2D eigenvalue weighted by Crippen LogP contribution is 2.61. The molecule has 4 rings (SSSR count). The number of rotatable bonds is 6. The van der Waals surface area contributed by atoms with Crippen molar-refractivity contribution in [2.24, 2.45) is 0 Å². The Kier molecular flexibility index (Phi) is 5.23. The van der Waals surface area contributed by atoms with Gasteiger partial charge in [-0.1, -0.05) is 42.0 Å². The van der Waals surface area contributed by atoms with Crippen LogP contribution in [0.2, 0.25) is 0 Å². The lowest BCUT2D eigenvalue weighted by Crippen LogP contribution is -2.43. The molecule has 8 nitrogen and oxygen atoms in total. The molecule has 0 unspecified atom stereocenters. The minimum Gasteiger partial charge on any atom is -0.466 e. The van der Waals surface area contributed by atoms with Crippen LogP contribution in [0.15, 0.2) is 64.6 Å². The molecule has 0 saturated heterocycles. The maximum absolute atomic E-state index is 13.0. The van der Waals surface area contributed by atoms with Gasteiger partial charge in [-0.3, -0.25) is 0 Å². The zero-order chi connectivity index (χ0) is 23.3. The van der Waals surface area contributed by atoms with Gasteiger partial charge in [0.15, 0.2) is 0 Å². The number of hydrogen-bond acceptors (Lipinski definition) is 7. The Hall–Kier alpha value is -3.01. The fourth-order valence-electron chi connectivity index (χ4n) is 4.51. The molecule has 32 heavy (non-hydrogen) atoms. The SMILES string of the molecule is COC(=O)C1=C(C(=O)OC)[C@@]2(CNS(=O)(=O)c3ccc(C)cc3)O[C@]1(C)c1ccccc12. The molecule has 2 aromatic rings. The van der Waals surface area contributed by atoms with Crippen molar-refractivity contribution in [1.29, 1.82) is 0 Å². The second-order valence-corrected chi connectivity index (χ2v) is 9.65. The van der Waals surface area contributed by atoms with E-state index in [4.69, 9.17) is 14.2 Å². The zero-order valence-corrected chi connectivity index (χ0v) is 18.9. The highest BCUT2D eigenvalue weighted by Gasteiger charge is 2.66. The van der Waals surface area contributed by atoms with Crippen LogP contribution in [0.1, 0.15) is 23.6 Å². The molecule has 0 aliphatic carbocycles. The van der Waals surface area contributed by atoms with Crippen LogP contribution >= 0.6 is 0 Å². The molecule has 0 aromatic heterocycles. The summed E-state index contributed by atoms with van der Waals surface area (Å²) in [5, 5.41) is 0. The molecule has 0 amide bonds. The number of sulfonamides is 1. The first-order valence-corrected chi connectivity index (χ1v) is 11.4. The largest absolute Gasteiger partial charge is 0.466 e. The van der Waals surface area contributed by atoms with Crippen LogP contribution in [-0.4, -0.2) is 41.1 Å². The van der Waals surface area contributed by atoms with E-state index in [1.165, 1.54) is 26.4 Å². The van der Waals surface area contributed by atoms with E-state index in [1.807, 2.05) is 6.92 Å². The van der Waals surface area contributed by atoms with Crippen molar-refractivity contribution in [3.63, 3.8) is 0 Å². The fraction of sp³-hybridized carbons (Fsp3) is 0.304. The predicted molar refractivity (Wildman–Crippen MR) is 114 cm³/mol. The Bertz CT molecular complexity index is 1250. The second kappa shape index (κ2) is 7.54. The number of methoxy groups -OCH3 is 2. The van der Waals surface area contributed by atoms with Crippen LogP contribution in [0.4, 0.5) is 0 Å². The summed E-state index contributed by atoms with van der Waals surface area (Å²) in [6.07, 6.45) is 0. The number of ether oxygens (including phenoxy) is 3. The Labute approximate surface area is 186 Å². The summed E-state index contributed by atoms with van der Waals surface area (Å²) in [5.74, 6) is -1.54.